The van der Waals surface area contributed by atoms with Crippen LogP contribution in [0.2, 0.25) is 0 Å². The molecule has 2 rings (SSSR count). The molecule has 1 fully saturated rings. The summed E-state index contributed by atoms with van der Waals surface area (Å²) in [5.74, 6) is -0.0232. The monoisotopic (exact) mass is 301 g/mol. The van der Waals surface area contributed by atoms with Crippen LogP contribution in [0.25, 0.3) is 0 Å². The predicted octanol–water partition coefficient (Wildman–Crippen LogP) is 3.27. The summed E-state index contributed by atoms with van der Waals surface area (Å²) in [7, 11) is 0. The second-order valence-corrected chi connectivity index (χ2v) is 6.40. The van der Waals surface area contributed by atoms with E-state index in [0.717, 1.165) is 16.8 Å². The van der Waals surface area contributed by atoms with Crippen LogP contribution in [0, 0.1) is 6.92 Å². The highest BCUT2D eigenvalue weighted by molar-refractivity contribution is 8.15. The van der Waals surface area contributed by atoms with Crippen LogP contribution in [0.4, 0.5) is 0 Å². The van der Waals surface area contributed by atoms with Gasteiger partial charge in [-0.15, -0.1) is 11.7 Å². The van der Waals surface area contributed by atoms with Gasteiger partial charge >= 0.3 is 0 Å². The SMILES string of the molecule is C=C(C)CC1S/C(=N\N=C(/C)c2ccc(C)cc2)NC1=O. The fourth-order valence-electron chi connectivity index (χ4n) is 1.88. The molecule has 1 heterocycles. The Morgan fingerprint density at radius 2 is 2.00 bits per heavy atom. The number of hydrogen-bond donors (Lipinski definition) is 1. The largest absolute Gasteiger partial charge is 0.303 e. The normalized spacial score (nSPS) is 20.7. The summed E-state index contributed by atoms with van der Waals surface area (Å²) in [6, 6.07) is 8.10. The van der Waals surface area contributed by atoms with E-state index in [2.05, 4.69) is 22.1 Å². The second-order valence-electron chi connectivity index (χ2n) is 5.21. The molecule has 1 amide bonds. The molecule has 1 aromatic carbocycles. The maximum absolute atomic E-state index is 11.8. The third-order valence-electron chi connectivity index (χ3n) is 3.07. The van der Waals surface area contributed by atoms with E-state index in [-0.39, 0.29) is 11.2 Å². The number of hydrogen-bond acceptors (Lipinski definition) is 4. The van der Waals surface area contributed by atoms with Gasteiger partial charge in [-0.3, -0.25) is 4.79 Å². The number of amidine groups is 1. The van der Waals surface area contributed by atoms with Gasteiger partial charge in [0.1, 0.15) is 0 Å². The summed E-state index contributed by atoms with van der Waals surface area (Å²) in [6.07, 6.45) is 0.663. The van der Waals surface area contributed by atoms with E-state index in [1.165, 1.54) is 17.3 Å². The Morgan fingerprint density at radius 3 is 2.62 bits per heavy atom. The van der Waals surface area contributed by atoms with Gasteiger partial charge in [0, 0.05) is 0 Å². The lowest BCUT2D eigenvalue weighted by Gasteiger charge is -2.02. The van der Waals surface area contributed by atoms with Crippen molar-refractivity contribution in [2.24, 2.45) is 10.2 Å². The number of thioether (sulfide) groups is 1. The molecule has 1 saturated heterocycles. The average molecular weight is 301 g/mol. The molecule has 1 unspecified atom stereocenters. The van der Waals surface area contributed by atoms with Gasteiger partial charge in [-0.05, 0) is 32.8 Å². The smallest absolute Gasteiger partial charge is 0.239 e. The van der Waals surface area contributed by atoms with Crippen LogP contribution in [-0.4, -0.2) is 22.0 Å². The summed E-state index contributed by atoms with van der Waals surface area (Å²) >= 11 is 1.41. The summed E-state index contributed by atoms with van der Waals surface area (Å²) < 4.78 is 0. The van der Waals surface area contributed by atoms with E-state index >= 15 is 0 Å². The number of benzene rings is 1. The van der Waals surface area contributed by atoms with E-state index in [1.54, 1.807) is 0 Å². The fourth-order valence-corrected chi connectivity index (χ4v) is 2.93. The van der Waals surface area contributed by atoms with Crippen molar-refractivity contribution in [2.45, 2.75) is 32.4 Å². The van der Waals surface area contributed by atoms with Crippen molar-refractivity contribution >= 4 is 28.5 Å². The van der Waals surface area contributed by atoms with E-state index < -0.39 is 0 Å². The number of carbonyl (C=O) groups excluding carboxylic acids is 1. The third kappa shape index (κ3) is 4.29. The van der Waals surface area contributed by atoms with Crippen molar-refractivity contribution in [3.63, 3.8) is 0 Å². The van der Waals surface area contributed by atoms with Crippen LogP contribution in [0.3, 0.4) is 0 Å². The molecule has 0 radical (unpaired) electrons. The number of allylic oxidation sites excluding steroid dienone is 1. The van der Waals surface area contributed by atoms with Crippen LogP contribution in [-0.2, 0) is 4.79 Å². The van der Waals surface area contributed by atoms with Crippen LogP contribution in [0.15, 0.2) is 46.6 Å². The first-order chi connectivity index (χ1) is 9.95. The standard InChI is InChI=1S/C16H19N3OS/c1-10(2)9-14-15(20)17-16(21-14)19-18-12(4)13-7-5-11(3)6-8-13/h5-8,14H,1,9H2,2-4H3,(H,17,19,20)/b18-12+. The van der Waals surface area contributed by atoms with Crippen molar-refractivity contribution < 1.29 is 4.79 Å². The molecular weight excluding hydrogens is 282 g/mol. The highest BCUT2D eigenvalue weighted by Gasteiger charge is 2.30. The molecular formula is C16H19N3OS. The zero-order valence-electron chi connectivity index (χ0n) is 12.5. The van der Waals surface area contributed by atoms with Gasteiger partial charge in [0.15, 0.2) is 5.17 Å². The maximum Gasteiger partial charge on any atom is 0.239 e. The molecule has 21 heavy (non-hydrogen) atoms. The molecule has 0 spiro atoms. The van der Waals surface area contributed by atoms with Gasteiger partial charge in [-0.1, -0.05) is 47.2 Å². The van der Waals surface area contributed by atoms with E-state index in [4.69, 9.17) is 0 Å². The first-order valence-electron chi connectivity index (χ1n) is 6.77. The lowest BCUT2D eigenvalue weighted by molar-refractivity contribution is -0.118. The lowest BCUT2D eigenvalue weighted by Crippen LogP contribution is -2.24. The van der Waals surface area contributed by atoms with Gasteiger partial charge in [-0.2, -0.15) is 5.10 Å². The van der Waals surface area contributed by atoms with Crippen LogP contribution < -0.4 is 5.32 Å². The minimum atomic E-state index is -0.142. The number of aryl methyl sites for hydroxylation is 1. The fraction of sp³-hybridized carbons (Fsp3) is 0.312. The Balaban J connectivity index is 2.07. The molecule has 1 aliphatic rings. The Hall–Kier alpha value is -1.88. The maximum atomic E-state index is 11.8. The van der Waals surface area contributed by atoms with Crippen molar-refractivity contribution in [2.75, 3.05) is 0 Å². The molecule has 0 bridgehead atoms. The number of nitrogens with one attached hydrogen (secondary N) is 1. The van der Waals surface area contributed by atoms with Gasteiger partial charge in [0.25, 0.3) is 0 Å². The number of carbonyl (C=O) groups is 1. The quantitative estimate of drug-likeness (QED) is 0.527. The molecule has 110 valence electrons. The highest BCUT2D eigenvalue weighted by Crippen LogP contribution is 2.24. The molecule has 4 nitrogen and oxygen atoms in total. The Labute approximate surface area is 129 Å². The van der Waals surface area contributed by atoms with Crippen molar-refractivity contribution in [3.8, 4) is 0 Å². The minimum Gasteiger partial charge on any atom is -0.303 e. The Morgan fingerprint density at radius 1 is 1.33 bits per heavy atom. The van der Waals surface area contributed by atoms with Crippen molar-refractivity contribution in [3.05, 3.63) is 47.5 Å². The van der Waals surface area contributed by atoms with Crippen molar-refractivity contribution in [1.29, 1.82) is 0 Å². The Kier molecular flexibility index (Phi) is 4.96. The highest BCUT2D eigenvalue weighted by atomic mass is 32.2. The van der Waals surface area contributed by atoms with Gasteiger partial charge in [-0.25, -0.2) is 0 Å². The number of amides is 1. The zero-order chi connectivity index (χ0) is 15.4. The first kappa shape index (κ1) is 15.5. The summed E-state index contributed by atoms with van der Waals surface area (Å²) in [6.45, 7) is 9.71. The molecule has 0 aliphatic carbocycles. The zero-order valence-corrected chi connectivity index (χ0v) is 13.3. The van der Waals surface area contributed by atoms with E-state index in [0.29, 0.717) is 11.6 Å². The average Bonchev–Trinajstić information content (AvgIpc) is 2.77. The topological polar surface area (TPSA) is 53.8 Å². The minimum absolute atomic E-state index is 0.0232. The summed E-state index contributed by atoms with van der Waals surface area (Å²) in [5, 5.41) is 11.5. The van der Waals surface area contributed by atoms with Gasteiger partial charge in [0.2, 0.25) is 5.91 Å². The molecule has 1 aliphatic heterocycles. The third-order valence-corrected chi connectivity index (χ3v) is 4.14. The van der Waals surface area contributed by atoms with E-state index in [1.807, 2.05) is 45.0 Å². The second kappa shape index (κ2) is 6.72. The van der Waals surface area contributed by atoms with Crippen LogP contribution in [0.1, 0.15) is 31.4 Å². The number of rotatable bonds is 4. The van der Waals surface area contributed by atoms with Crippen LogP contribution in [0.5, 0.6) is 0 Å². The molecule has 5 heteroatoms. The molecule has 1 atom stereocenters. The van der Waals surface area contributed by atoms with Crippen LogP contribution >= 0.6 is 11.8 Å². The van der Waals surface area contributed by atoms with Crippen molar-refractivity contribution in [1.82, 2.24) is 5.32 Å². The molecule has 1 aromatic rings. The number of nitrogens with zero attached hydrogens (tertiary/aromatic N) is 2. The molecule has 0 saturated carbocycles. The van der Waals surface area contributed by atoms with E-state index in [9.17, 15) is 4.79 Å². The molecule has 0 aromatic heterocycles. The first-order valence-corrected chi connectivity index (χ1v) is 7.65. The van der Waals surface area contributed by atoms with Gasteiger partial charge < -0.3 is 5.32 Å². The van der Waals surface area contributed by atoms with Gasteiger partial charge in [0.05, 0.1) is 11.0 Å². The lowest BCUT2D eigenvalue weighted by atomic mass is 10.1. The predicted molar refractivity (Wildman–Crippen MR) is 89.8 cm³/mol. The summed E-state index contributed by atoms with van der Waals surface area (Å²) in [4.78, 5) is 11.8. The summed E-state index contributed by atoms with van der Waals surface area (Å²) in [5.41, 5.74) is 4.04. The Bertz CT molecular complexity index is 617. The molecule has 1 N–H and O–H groups in total.